The Morgan fingerprint density at radius 2 is 0.833 bits per heavy atom. The molecule has 0 heterocycles. The van der Waals surface area contributed by atoms with E-state index in [1.165, 1.54) is 5.56 Å². The van der Waals surface area contributed by atoms with Crippen LogP contribution in [0.1, 0.15) is 37.4 Å². The van der Waals surface area contributed by atoms with Crippen LogP contribution in [0, 0.1) is 6.92 Å². The molecular weight excluding hydrogens is 392 g/mol. The first-order chi connectivity index (χ1) is 14.5. The van der Waals surface area contributed by atoms with Crippen LogP contribution in [-0.4, -0.2) is 11.6 Å². The predicted molar refractivity (Wildman–Crippen MR) is 122 cm³/mol. The van der Waals surface area contributed by atoms with Crippen molar-refractivity contribution in [1.82, 2.24) is 0 Å². The lowest BCUT2D eigenvalue weighted by Crippen LogP contribution is -2.00. The summed E-state index contributed by atoms with van der Waals surface area (Å²) in [4.78, 5) is 23.9. The average Bonchev–Trinajstić information content (AvgIpc) is 2.81. The van der Waals surface area contributed by atoms with Crippen molar-refractivity contribution in [2.45, 2.75) is 6.92 Å². The molecule has 0 amide bonds. The molecule has 0 N–H and O–H groups in total. The molecule has 0 aliphatic rings. The first kappa shape index (κ1) is 21.2. The Balaban J connectivity index is 0.000000171. The summed E-state index contributed by atoms with van der Waals surface area (Å²) in [6, 6.07) is 33.1. The summed E-state index contributed by atoms with van der Waals surface area (Å²) in [6.45, 7) is 2.01. The van der Waals surface area contributed by atoms with E-state index >= 15 is 0 Å². The minimum absolute atomic E-state index is 0.0206. The molecule has 0 unspecified atom stereocenters. The topological polar surface area (TPSA) is 34.1 Å². The van der Waals surface area contributed by atoms with Crippen LogP contribution in [-0.2, 0) is 0 Å². The normalized spacial score (nSPS) is 9.93. The number of benzene rings is 4. The number of aryl methyl sites for hydroxylation is 1. The van der Waals surface area contributed by atoms with Crippen molar-refractivity contribution in [3.8, 4) is 0 Å². The molecule has 30 heavy (non-hydrogen) atoms. The van der Waals surface area contributed by atoms with Crippen molar-refractivity contribution in [3.05, 3.63) is 142 Å². The van der Waals surface area contributed by atoms with Crippen molar-refractivity contribution in [2.75, 3.05) is 0 Å². The molecule has 4 aromatic carbocycles. The minimum atomic E-state index is 0.0206. The third kappa shape index (κ3) is 5.76. The van der Waals surface area contributed by atoms with E-state index in [-0.39, 0.29) is 11.6 Å². The number of rotatable bonds is 4. The van der Waals surface area contributed by atoms with Crippen LogP contribution in [0.3, 0.4) is 0 Å². The second kappa shape index (κ2) is 10.3. The highest BCUT2D eigenvalue weighted by Gasteiger charge is 2.08. The Morgan fingerprint density at radius 3 is 1.23 bits per heavy atom. The molecule has 0 aromatic heterocycles. The molecule has 0 aliphatic carbocycles. The molecule has 0 bridgehead atoms. The van der Waals surface area contributed by atoms with Gasteiger partial charge in [0.15, 0.2) is 11.6 Å². The number of carbonyl (C=O) groups excluding carboxylic acids is 2. The van der Waals surface area contributed by atoms with Gasteiger partial charge >= 0.3 is 0 Å². The number of hydrogen-bond acceptors (Lipinski definition) is 2. The minimum Gasteiger partial charge on any atom is -0.289 e. The van der Waals surface area contributed by atoms with E-state index in [0.717, 1.165) is 11.1 Å². The fourth-order valence-corrected chi connectivity index (χ4v) is 2.94. The Labute approximate surface area is 181 Å². The second-order valence-electron chi connectivity index (χ2n) is 6.76. The summed E-state index contributed by atoms with van der Waals surface area (Å²) in [5, 5.41) is 0.639. The number of halogens is 1. The van der Waals surface area contributed by atoms with Gasteiger partial charge in [-0.2, -0.15) is 0 Å². The molecule has 3 heteroatoms. The second-order valence-corrected chi connectivity index (χ2v) is 7.20. The third-order valence-corrected chi connectivity index (χ3v) is 4.74. The zero-order valence-electron chi connectivity index (χ0n) is 16.6. The smallest absolute Gasteiger partial charge is 0.193 e. The lowest BCUT2D eigenvalue weighted by Gasteiger charge is -2.00. The molecule has 0 saturated carbocycles. The summed E-state index contributed by atoms with van der Waals surface area (Å²) >= 11 is 5.75. The highest BCUT2D eigenvalue weighted by Crippen LogP contribution is 2.13. The van der Waals surface area contributed by atoms with Gasteiger partial charge in [-0.25, -0.2) is 0 Å². The summed E-state index contributed by atoms with van der Waals surface area (Å²) in [6.07, 6.45) is 0. The summed E-state index contributed by atoms with van der Waals surface area (Å²) in [7, 11) is 0. The molecule has 0 spiro atoms. The highest BCUT2D eigenvalue weighted by atomic mass is 35.5. The zero-order valence-corrected chi connectivity index (χ0v) is 17.3. The maximum atomic E-state index is 12.0. The van der Waals surface area contributed by atoms with Crippen molar-refractivity contribution in [2.24, 2.45) is 0 Å². The molecule has 0 fully saturated rings. The van der Waals surface area contributed by atoms with E-state index in [9.17, 15) is 9.59 Å². The van der Waals surface area contributed by atoms with Gasteiger partial charge in [0.25, 0.3) is 0 Å². The monoisotopic (exact) mass is 412 g/mol. The van der Waals surface area contributed by atoms with Crippen LogP contribution >= 0.6 is 11.6 Å². The Morgan fingerprint density at radius 1 is 0.500 bits per heavy atom. The predicted octanol–water partition coefficient (Wildman–Crippen LogP) is 6.80. The quantitative estimate of drug-likeness (QED) is 0.345. The van der Waals surface area contributed by atoms with Crippen molar-refractivity contribution < 1.29 is 9.59 Å². The van der Waals surface area contributed by atoms with Gasteiger partial charge in [-0.3, -0.25) is 9.59 Å². The molecule has 0 radical (unpaired) electrons. The largest absolute Gasteiger partial charge is 0.289 e. The fourth-order valence-electron chi connectivity index (χ4n) is 2.82. The Bertz CT molecular complexity index is 1010. The molecule has 0 atom stereocenters. The van der Waals surface area contributed by atoms with Gasteiger partial charge in [0, 0.05) is 27.3 Å². The molecule has 4 rings (SSSR count). The maximum absolute atomic E-state index is 12.0. The van der Waals surface area contributed by atoms with E-state index in [4.69, 9.17) is 11.6 Å². The summed E-state index contributed by atoms with van der Waals surface area (Å²) < 4.78 is 0. The van der Waals surface area contributed by atoms with Gasteiger partial charge in [-0.05, 0) is 31.2 Å². The first-order valence-corrected chi connectivity index (χ1v) is 9.94. The molecule has 0 aliphatic heterocycles. The number of ketones is 2. The van der Waals surface area contributed by atoms with Gasteiger partial charge in [0.05, 0.1) is 0 Å². The van der Waals surface area contributed by atoms with E-state index in [1.807, 2.05) is 79.7 Å². The first-order valence-electron chi connectivity index (χ1n) is 9.56. The molecule has 2 nitrogen and oxygen atoms in total. The van der Waals surface area contributed by atoms with Gasteiger partial charge in [0.2, 0.25) is 0 Å². The number of hydrogen-bond donors (Lipinski definition) is 0. The van der Waals surface area contributed by atoms with Gasteiger partial charge in [-0.1, -0.05) is 102 Å². The van der Waals surface area contributed by atoms with E-state index < -0.39 is 0 Å². The lowest BCUT2D eigenvalue weighted by molar-refractivity contribution is 0.103. The van der Waals surface area contributed by atoms with Crippen molar-refractivity contribution >= 4 is 23.2 Å². The van der Waals surface area contributed by atoms with Crippen LogP contribution in [0.4, 0.5) is 0 Å². The molecular formula is C27H21ClO2. The van der Waals surface area contributed by atoms with Crippen LogP contribution in [0.2, 0.25) is 5.02 Å². The van der Waals surface area contributed by atoms with Crippen molar-refractivity contribution in [1.29, 1.82) is 0 Å². The van der Waals surface area contributed by atoms with Crippen molar-refractivity contribution in [3.63, 3.8) is 0 Å². The van der Waals surface area contributed by atoms with E-state index in [0.29, 0.717) is 16.1 Å². The molecule has 148 valence electrons. The van der Waals surface area contributed by atoms with Crippen LogP contribution in [0.5, 0.6) is 0 Å². The number of carbonyl (C=O) groups is 2. The van der Waals surface area contributed by atoms with Crippen LogP contribution < -0.4 is 0 Å². The standard InChI is InChI=1S/C14H12O.C13H9ClO/c1-11-7-9-13(10-8-11)14(15)12-5-3-2-4-6-12;14-12-8-6-11(7-9-12)13(15)10-4-2-1-3-5-10/h2-10H,1H3;1-9H. The van der Waals surface area contributed by atoms with Gasteiger partial charge < -0.3 is 0 Å². The van der Waals surface area contributed by atoms with Gasteiger partial charge in [0.1, 0.15) is 0 Å². The average molecular weight is 413 g/mol. The van der Waals surface area contributed by atoms with E-state index in [1.54, 1.807) is 36.4 Å². The van der Waals surface area contributed by atoms with Gasteiger partial charge in [-0.15, -0.1) is 0 Å². The maximum Gasteiger partial charge on any atom is 0.193 e. The SMILES string of the molecule is Cc1ccc(C(=O)c2ccccc2)cc1.O=C(c1ccccc1)c1ccc(Cl)cc1. The lowest BCUT2D eigenvalue weighted by atomic mass is 10.0. The Hall–Kier alpha value is -3.49. The van der Waals surface area contributed by atoms with E-state index in [2.05, 4.69) is 0 Å². The summed E-state index contributed by atoms with van der Waals surface area (Å²) in [5.74, 6) is 0.0999. The van der Waals surface area contributed by atoms with Crippen LogP contribution in [0.15, 0.2) is 109 Å². The Kier molecular flexibility index (Phi) is 7.31. The van der Waals surface area contributed by atoms with Crippen LogP contribution in [0.25, 0.3) is 0 Å². The molecule has 4 aromatic rings. The zero-order chi connectivity index (χ0) is 21.3. The highest BCUT2D eigenvalue weighted by molar-refractivity contribution is 6.30. The summed E-state index contributed by atoms with van der Waals surface area (Å²) in [5.41, 5.74) is 4.00. The third-order valence-electron chi connectivity index (χ3n) is 4.49. The fraction of sp³-hybridized carbons (Fsp3) is 0.0370. The molecule has 0 saturated heterocycles.